The first-order valence-electron chi connectivity index (χ1n) is 8.81. The molecule has 4 heteroatoms. The third kappa shape index (κ3) is 8.38. The van der Waals surface area contributed by atoms with Gasteiger partial charge >= 0.3 is 0 Å². The van der Waals surface area contributed by atoms with Crippen LogP contribution in [0, 0.1) is 0 Å². The summed E-state index contributed by atoms with van der Waals surface area (Å²) < 4.78 is 0. The lowest BCUT2D eigenvalue weighted by atomic mass is 10.1. The topological polar surface area (TPSA) is 58.2 Å². The Balaban J connectivity index is 2.19. The van der Waals surface area contributed by atoms with Gasteiger partial charge in [0, 0.05) is 12.1 Å². The lowest BCUT2D eigenvalue weighted by Gasteiger charge is -2.10. The highest BCUT2D eigenvalue weighted by molar-refractivity contribution is 5.95. The molecule has 4 nitrogen and oxygen atoms in total. The molecule has 0 radical (unpaired) electrons. The minimum atomic E-state index is -0.179. The van der Waals surface area contributed by atoms with Crippen molar-refractivity contribution in [2.75, 3.05) is 11.9 Å². The minimum absolute atomic E-state index is 0.0344. The lowest BCUT2D eigenvalue weighted by Crippen LogP contribution is -2.32. The predicted molar refractivity (Wildman–Crippen MR) is 95.5 cm³/mol. The van der Waals surface area contributed by atoms with Crippen LogP contribution in [0.4, 0.5) is 5.69 Å². The molecule has 0 bridgehead atoms. The number of rotatable bonds is 11. The van der Waals surface area contributed by atoms with Crippen LogP contribution in [0.15, 0.2) is 24.3 Å². The fraction of sp³-hybridized carbons (Fsp3) is 0.579. The molecule has 128 valence electrons. The van der Waals surface area contributed by atoms with Gasteiger partial charge in [-0.05, 0) is 24.5 Å². The Labute approximate surface area is 140 Å². The maximum Gasteiger partial charge on any atom is 0.243 e. The minimum Gasteiger partial charge on any atom is -0.347 e. The van der Waals surface area contributed by atoms with Gasteiger partial charge in [-0.1, -0.05) is 64.2 Å². The van der Waals surface area contributed by atoms with Gasteiger partial charge in [-0.2, -0.15) is 0 Å². The SMILES string of the molecule is CCCCCCCCC(=O)NCC(=O)Nc1ccccc1CC. The van der Waals surface area contributed by atoms with Gasteiger partial charge in [-0.25, -0.2) is 0 Å². The van der Waals surface area contributed by atoms with Crippen molar-refractivity contribution in [2.45, 2.75) is 65.2 Å². The average Bonchev–Trinajstić information content (AvgIpc) is 2.56. The monoisotopic (exact) mass is 318 g/mol. The highest BCUT2D eigenvalue weighted by Crippen LogP contribution is 2.15. The Hall–Kier alpha value is -1.84. The van der Waals surface area contributed by atoms with E-state index in [0.717, 1.165) is 30.5 Å². The van der Waals surface area contributed by atoms with Crippen molar-refractivity contribution in [3.05, 3.63) is 29.8 Å². The molecule has 0 saturated carbocycles. The van der Waals surface area contributed by atoms with E-state index in [4.69, 9.17) is 0 Å². The first-order valence-corrected chi connectivity index (χ1v) is 8.81. The summed E-state index contributed by atoms with van der Waals surface area (Å²) >= 11 is 0. The smallest absolute Gasteiger partial charge is 0.243 e. The molecular weight excluding hydrogens is 288 g/mol. The second kappa shape index (κ2) is 11.7. The van der Waals surface area contributed by atoms with Gasteiger partial charge in [-0.3, -0.25) is 9.59 Å². The normalized spacial score (nSPS) is 10.3. The van der Waals surface area contributed by atoms with E-state index >= 15 is 0 Å². The van der Waals surface area contributed by atoms with Crippen molar-refractivity contribution in [1.29, 1.82) is 0 Å². The van der Waals surface area contributed by atoms with Crippen LogP contribution in [0.25, 0.3) is 0 Å². The summed E-state index contributed by atoms with van der Waals surface area (Å²) in [5, 5.41) is 5.54. The van der Waals surface area contributed by atoms with Gasteiger partial charge in [0.25, 0.3) is 0 Å². The molecular formula is C19H30N2O2. The molecule has 0 aliphatic rings. The Morgan fingerprint density at radius 3 is 2.35 bits per heavy atom. The van der Waals surface area contributed by atoms with E-state index in [-0.39, 0.29) is 18.4 Å². The number of amides is 2. The van der Waals surface area contributed by atoms with Crippen molar-refractivity contribution in [2.24, 2.45) is 0 Å². The standard InChI is InChI=1S/C19H30N2O2/c1-3-5-6-7-8-9-14-18(22)20-15-19(23)21-17-13-11-10-12-16(17)4-2/h10-13H,3-9,14-15H2,1-2H3,(H,20,22)(H,21,23). The summed E-state index contributed by atoms with van der Waals surface area (Å²) in [5.41, 5.74) is 1.92. The van der Waals surface area contributed by atoms with Crippen molar-refractivity contribution in [3.8, 4) is 0 Å². The summed E-state index contributed by atoms with van der Waals surface area (Å²) in [6, 6.07) is 7.73. The van der Waals surface area contributed by atoms with E-state index in [1.807, 2.05) is 31.2 Å². The van der Waals surface area contributed by atoms with E-state index in [1.165, 1.54) is 25.7 Å². The molecule has 0 saturated heterocycles. The van der Waals surface area contributed by atoms with Crippen LogP contribution < -0.4 is 10.6 Å². The third-order valence-electron chi connectivity index (χ3n) is 3.88. The van der Waals surface area contributed by atoms with E-state index in [1.54, 1.807) is 0 Å². The van der Waals surface area contributed by atoms with E-state index < -0.39 is 0 Å². The third-order valence-corrected chi connectivity index (χ3v) is 3.88. The van der Waals surface area contributed by atoms with Gasteiger partial charge in [0.2, 0.25) is 11.8 Å². The number of unbranched alkanes of at least 4 members (excludes halogenated alkanes) is 5. The zero-order chi connectivity index (χ0) is 16.9. The van der Waals surface area contributed by atoms with E-state index in [2.05, 4.69) is 17.6 Å². The van der Waals surface area contributed by atoms with Crippen LogP contribution in [0.2, 0.25) is 0 Å². The molecule has 1 aromatic carbocycles. The summed E-state index contributed by atoms with van der Waals surface area (Å²) in [6.45, 7) is 4.28. The Bertz CT molecular complexity index is 486. The maximum atomic E-state index is 11.9. The van der Waals surface area contributed by atoms with E-state index in [0.29, 0.717) is 6.42 Å². The van der Waals surface area contributed by atoms with Crippen LogP contribution in [-0.4, -0.2) is 18.4 Å². The van der Waals surface area contributed by atoms with Crippen molar-refractivity contribution in [1.82, 2.24) is 5.32 Å². The second-order valence-corrected chi connectivity index (χ2v) is 5.85. The van der Waals surface area contributed by atoms with Gasteiger partial charge < -0.3 is 10.6 Å². The van der Waals surface area contributed by atoms with Crippen LogP contribution in [0.3, 0.4) is 0 Å². The molecule has 23 heavy (non-hydrogen) atoms. The summed E-state index contributed by atoms with van der Waals surface area (Å²) in [6.07, 6.45) is 8.29. The van der Waals surface area contributed by atoms with Gasteiger partial charge in [0.05, 0.1) is 6.54 Å². The summed E-state index contributed by atoms with van der Waals surface area (Å²) in [5.74, 6) is -0.221. The molecule has 2 amide bonds. The highest BCUT2D eigenvalue weighted by atomic mass is 16.2. The Morgan fingerprint density at radius 1 is 0.913 bits per heavy atom. The molecule has 0 aliphatic heterocycles. The number of benzene rings is 1. The van der Waals surface area contributed by atoms with Crippen molar-refractivity contribution < 1.29 is 9.59 Å². The van der Waals surface area contributed by atoms with Crippen LogP contribution >= 0.6 is 0 Å². The number of carbonyl (C=O) groups excluding carboxylic acids is 2. The molecule has 0 unspecified atom stereocenters. The van der Waals surface area contributed by atoms with Gasteiger partial charge in [-0.15, -0.1) is 0 Å². The quantitative estimate of drug-likeness (QED) is 0.605. The van der Waals surface area contributed by atoms with Crippen molar-refractivity contribution in [3.63, 3.8) is 0 Å². The number of nitrogens with one attached hydrogen (secondary N) is 2. The first-order chi connectivity index (χ1) is 11.2. The Morgan fingerprint density at radius 2 is 1.61 bits per heavy atom. The first kappa shape index (κ1) is 19.2. The number of hydrogen-bond acceptors (Lipinski definition) is 2. The number of anilines is 1. The van der Waals surface area contributed by atoms with Crippen LogP contribution in [0.1, 0.15) is 64.4 Å². The van der Waals surface area contributed by atoms with Crippen LogP contribution in [0.5, 0.6) is 0 Å². The number of para-hydroxylation sites is 1. The van der Waals surface area contributed by atoms with E-state index in [9.17, 15) is 9.59 Å². The molecule has 0 spiro atoms. The molecule has 2 N–H and O–H groups in total. The van der Waals surface area contributed by atoms with Gasteiger partial charge in [0.1, 0.15) is 0 Å². The molecule has 0 aromatic heterocycles. The lowest BCUT2D eigenvalue weighted by molar-refractivity contribution is -0.124. The largest absolute Gasteiger partial charge is 0.347 e. The average molecular weight is 318 g/mol. The number of carbonyl (C=O) groups is 2. The molecule has 1 rings (SSSR count). The summed E-state index contributed by atoms with van der Waals surface area (Å²) in [7, 11) is 0. The molecule has 1 aromatic rings. The number of hydrogen-bond donors (Lipinski definition) is 2. The second-order valence-electron chi connectivity index (χ2n) is 5.85. The van der Waals surface area contributed by atoms with Gasteiger partial charge in [0.15, 0.2) is 0 Å². The van der Waals surface area contributed by atoms with Crippen molar-refractivity contribution >= 4 is 17.5 Å². The molecule has 0 atom stereocenters. The zero-order valence-electron chi connectivity index (χ0n) is 14.5. The molecule has 0 heterocycles. The fourth-order valence-corrected chi connectivity index (χ4v) is 2.48. The Kier molecular flexibility index (Phi) is 9.76. The fourth-order valence-electron chi connectivity index (χ4n) is 2.48. The summed E-state index contributed by atoms with van der Waals surface area (Å²) in [4.78, 5) is 23.6. The molecule has 0 fully saturated rings. The zero-order valence-corrected chi connectivity index (χ0v) is 14.5. The number of aryl methyl sites for hydroxylation is 1. The highest BCUT2D eigenvalue weighted by Gasteiger charge is 2.07. The van der Waals surface area contributed by atoms with Crippen LogP contribution in [-0.2, 0) is 16.0 Å². The predicted octanol–water partition coefficient (Wildman–Crippen LogP) is 4.05. The molecule has 0 aliphatic carbocycles. The maximum absolute atomic E-state index is 11.9.